The minimum absolute atomic E-state index is 0.0443. The average molecular weight is 245 g/mol. The van der Waals surface area contributed by atoms with Crippen molar-refractivity contribution >= 4 is 30.4 Å². The Morgan fingerprint density at radius 3 is 2.81 bits per heavy atom. The molecule has 90 valence electrons. The molecule has 0 saturated carbocycles. The Morgan fingerprint density at radius 2 is 2.31 bits per heavy atom. The van der Waals surface area contributed by atoms with E-state index in [1.54, 1.807) is 0 Å². The zero-order valence-electron chi connectivity index (χ0n) is 9.02. The maximum absolute atomic E-state index is 11.9. The summed E-state index contributed by atoms with van der Waals surface area (Å²) >= 11 is 4.01. The smallest absolute Gasteiger partial charge is 0.246 e. The van der Waals surface area contributed by atoms with Gasteiger partial charge in [-0.25, -0.2) is 0 Å². The third-order valence-corrected chi connectivity index (χ3v) is 2.57. The van der Waals surface area contributed by atoms with Crippen LogP contribution in [0.1, 0.15) is 6.92 Å². The molecular weight excluding hydrogens is 230 g/mol. The van der Waals surface area contributed by atoms with Gasteiger partial charge >= 0.3 is 0 Å². The molecule has 1 rings (SSSR count). The van der Waals surface area contributed by atoms with Crippen molar-refractivity contribution in [3.8, 4) is 0 Å². The van der Waals surface area contributed by atoms with Gasteiger partial charge in [-0.05, 0) is 0 Å². The average Bonchev–Trinajstić information content (AvgIpc) is 2.24. The summed E-state index contributed by atoms with van der Waals surface area (Å²) in [6.07, 6.45) is 0. The third-order valence-electron chi connectivity index (χ3n) is 2.21. The molecule has 1 atom stereocenters. The van der Waals surface area contributed by atoms with Gasteiger partial charge in [0, 0.05) is 25.8 Å². The van der Waals surface area contributed by atoms with Crippen molar-refractivity contribution in [2.45, 2.75) is 13.0 Å². The number of piperazine rings is 1. The summed E-state index contributed by atoms with van der Waals surface area (Å²) < 4.78 is 0. The highest BCUT2D eigenvalue weighted by Gasteiger charge is 2.27. The number of nitrogens with one attached hydrogen (secondary N) is 2. The van der Waals surface area contributed by atoms with Crippen molar-refractivity contribution in [1.29, 1.82) is 0 Å². The SMILES string of the molecule is CC(=O)NC(CS)C(=O)N1CCNC(=O)C1. The molecule has 1 fully saturated rings. The summed E-state index contributed by atoms with van der Waals surface area (Å²) in [5.74, 6) is -0.509. The Bertz CT molecular complexity index is 302. The van der Waals surface area contributed by atoms with Gasteiger partial charge in [-0.2, -0.15) is 12.6 Å². The van der Waals surface area contributed by atoms with E-state index in [1.165, 1.54) is 11.8 Å². The summed E-state index contributed by atoms with van der Waals surface area (Å²) in [5, 5.41) is 5.13. The highest BCUT2D eigenvalue weighted by atomic mass is 32.1. The lowest BCUT2D eigenvalue weighted by molar-refractivity contribution is -0.140. The van der Waals surface area contributed by atoms with Crippen LogP contribution in [0, 0.1) is 0 Å². The van der Waals surface area contributed by atoms with Crippen molar-refractivity contribution in [2.24, 2.45) is 0 Å². The van der Waals surface area contributed by atoms with Crippen LogP contribution in [0.2, 0.25) is 0 Å². The van der Waals surface area contributed by atoms with E-state index in [1.807, 2.05) is 0 Å². The molecule has 3 amide bonds. The fourth-order valence-electron chi connectivity index (χ4n) is 1.48. The van der Waals surface area contributed by atoms with Gasteiger partial charge in [0.2, 0.25) is 17.7 Å². The highest BCUT2D eigenvalue weighted by Crippen LogP contribution is 2.00. The van der Waals surface area contributed by atoms with Crippen LogP contribution in [-0.2, 0) is 14.4 Å². The Morgan fingerprint density at radius 1 is 1.62 bits per heavy atom. The maximum Gasteiger partial charge on any atom is 0.246 e. The van der Waals surface area contributed by atoms with E-state index in [2.05, 4.69) is 23.3 Å². The fourth-order valence-corrected chi connectivity index (χ4v) is 1.73. The molecule has 0 radical (unpaired) electrons. The van der Waals surface area contributed by atoms with Gasteiger partial charge in [0.1, 0.15) is 6.04 Å². The fraction of sp³-hybridized carbons (Fsp3) is 0.667. The lowest BCUT2D eigenvalue weighted by atomic mass is 10.2. The molecule has 1 saturated heterocycles. The predicted molar refractivity (Wildman–Crippen MR) is 61.0 cm³/mol. The summed E-state index contributed by atoms with van der Waals surface area (Å²) in [6, 6.07) is -0.660. The molecule has 1 unspecified atom stereocenters. The zero-order valence-corrected chi connectivity index (χ0v) is 9.92. The Balaban J connectivity index is 2.59. The monoisotopic (exact) mass is 245 g/mol. The lowest BCUT2D eigenvalue weighted by Gasteiger charge is -2.29. The molecule has 0 spiro atoms. The Kier molecular flexibility index (Phi) is 4.60. The first-order valence-electron chi connectivity index (χ1n) is 4.98. The van der Waals surface area contributed by atoms with Crippen molar-refractivity contribution in [3.63, 3.8) is 0 Å². The van der Waals surface area contributed by atoms with E-state index >= 15 is 0 Å². The minimum atomic E-state index is -0.660. The molecule has 1 heterocycles. The first kappa shape index (κ1) is 12.8. The van der Waals surface area contributed by atoms with Crippen LogP contribution in [0.15, 0.2) is 0 Å². The molecule has 1 aliphatic heterocycles. The number of nitrogens with zero attached hydrogens (tertiary/aromatic N) is 1. The molecule has 0 aliphatic carbocycles. The van der Waals surface area contributed by atoms with Crippen LogP contribution in [0.3, 0.4) is 0 Å². The second-order valence-corrected chi connectivity index (χ2v) is 3.91. The molecular formula is C9H15N3O3S. The third kappa shape index (κ3) is 3.41. The molecule has 0 aromatic carbocycles. The van der Waals surface area contributed by atoms with E-state index in [4.69, 9.17) is 0 Å². The number of carbonyl (C=O) groups excluding carboxylic acids is 3. The molecule has 1 aliphatic rings. The van der Waals surface area contributed by atoms with Crippen molar-refractivity contribution < 1.29 is 14.4 Å². The highest BCUT2D eigenvalue weighted by molar-refractivity contribution is 7.80. The van der Waals surface area contributed by atoms with Gasteiger partial charge in [0.15, 0.2) is 0 Å². The topological polar surface area (TPSA) is 78.5 Å². The van der Waals surface area contributed by atoms with E-state index in [-0.39, 0.29) is 30.0 Å². The lowest BCUT2D eigenvalue weighted by Crippen LogP contribution is -2.56. The standard InChI is InChI=1S/C9H15N3O3S/c1-6(13)11-7(5-16)9(15)12-3-2-10-8(14)4-12/h7,16H,2-5H2,1H3,(H,10,14)(H,11,13). The largest absolute Gasteiger partial charge is 0.353 e. The van der Waals surface area contributed by atoms with Crippen molar-refractivity contribution in [1.82, 2.24) is 15.5 Å². The van der Waals surface area contributed by atoms with Crippen LogP contribution in [-0.4, -0.2) is 54.1 Å². The Labute approximate surface area is 99.2 Å². The summed E-state index contributed by atoms with van der Waals surface area (Å²) in [6.45, 7) is 2.30. The van der Waals surface area contributed by atoms with Crippen LogP contribution >= 0.6 is 12.6 Å². The van der Waals surface area contributed by atoms with Gasteiger partial charge in [0.25, 0.3) is 0 Å². The first-order valence-corrected chi connectivity index (χ1v) is 5.61. The van der Waals surface area contributed by atoms with Crippen LogP contribution < -0.4 is 10.6 Å². The molecule has 2 N–H and O–H groups in total. The second kappa shape index (κ2) is 5.74. The first-order chi connectivity index (χ1) is 7.54. The molecule has 0 bridgehead atoms. The predicted octanol–water partition coefficient (Wildman–Crippen LogP) is -1.62. The number of amides is 3. The van der Waals surface area contributed by atoms with Gasteiger partial charge in [-0.1, -0.05) is 0 Å². The summed E-state index contributed by atoms with van der Waals surface area (Å²) in [7, 11) is 0. The van der Waals surface area contributed by atoms with Gasteiger partial charge in [0.05, 0.1) is 6.54 Å². The molecule has 6 nitrogen and oxygen atoms in total. The maximum atomic E-state index is 11.9. The number of hydrogen-bond donors (Lipinski definition) is 3. The van der Waals surface area contributed by atoms with Gasteiger partial charge in [-0.3, -0.25) is 14.4 Å². The van der Waals surface area contributed by atoms with Crippen LogP contribution in [0.5, 0.6) is 0 Å². The van der Waals surface area contributed by atoms with E-state index in [0.717, 1.165) is 0 Å². The van der Waals surface area contributed by atoms with Crippen LogP contribution in [0.25, 0.3) is 0 Å². The minimum Gasteiger partial charge on any atom is -0.353 e. The zero-order chi connectivity index (χ0) is 12.1. The van der Waals surface area contributed by atoms with Gasteiger partial charge in [-0.15, -0.1) is 0 Å². The van der Waals surface area contributed by atoms with E-state index < -0.39 is 6.04 Å². The second-order valence-electron chi connectivity index (χ2n) is 3.55. The van der Waals surface area contributed by atoms with Gasteiger partial charge < -0.3 is 15.5 Å². The molecule has 0 aromatic rings. The summed E-state index contributed by atoms with van der Waals surface area (Å²) in [5.41, 5.74) is 0. The van der Waals surface area contributed by atoms with E-state index in [9.17, 15) is 14.4 Å². The molecule has 0 aromatic heterocycles. The van der Waals surface area contributed by atoms with Crippen molar-refractivity contribution in [2.75, 3.05) is 25.4 Å². The number of rotatable bonds is 3. The van der Waals surface area contributed by atoms with Crippen molar-refractivity contribution in [3.05, 3.63) is 0 Å². The van der Waals surface area contributed by atoms with Crippen LogP contribution in [0.4, 0.5) is 0 Å². The Hall–Kier alpha value is -1.24. The summed E-state index contributed by atoms with van der Waals surface area (Å²) in [4.78, 5) is 35.3. The number of thiol groups is 1. The number of hydrogen-bond acceptors (Lipinski definition) is 4. The quantitative estimate of drug-likeness (QED) is 0.523. The normalized spacial score (nSPS) is 17.6. The molecule has 7 heteroatoms. The number of carbonyl (C=O) groups is 3. The molecule has 16 heavy (non-hydrogen) atoms. The van der Waals surface area contributed by atoms with E-state index in [0.29, 0.717) is 13.1 Å².